The van der Waals surface area contributed by atoms with Gasteiger partial charge in [-0.2, -0.15) is 0 Å². The van der Waals surface area contributed by atoms with Crippen LogP contribution in [0.4, 0.5) is 0 Å². The highest BCUT2D eigenvalue weighted by molar-refractivity contribution is 7.89. The van der Waals surface area contributed by atoms with Crippen molar-refractivity contribution in [2.45, 2.75) is 18.5 Å². The Morgan fingerprint density at radius 3 is 2.87 bits per heavy atom. The second kappa shape index (κ2) is 7.73. The molecule has 2 unspecified atom stereocenters. The highest BCUT2D eigenvalue weighted by Gasteiger charge is 2.30. The lowest BCUT2D eigenvalue weighted by molar-refractivity contribution is -0.122. The Bertz CT molecular complexity index is 650. The first-order valence-electron chi connectivity index (χ1n) is 7.29. The van der Waals surface area contributed by atoms with Gasteiger partial charge in [0.15, 0.2) is 0 Å². The van der Waals surface area contributed by atoms with Crippen LogP contribution < -0.4 is 25.6 Å². The summed E-state index contributed by atoms with van der Waals surface area (Å²) in [6.07, 6.45) is 0.567. The second-order valence-corrected chi connectivity index (χ2v) is 7.27. The Kier molecular flexibility index (Phi) is 5.94. The first kappa shape index (κ1) is 17.7. The number of hydrazine groups is 1. The number of methoxy groups -OCH3 is 1. The van der Waals surface area contributed by atoms with E-state index in [0.29, 0.717) is 6.42 Å². The molecule has 1 saturated heterocycles. The number of rotatable bonds is 7. The molecule has 0 radical (unpaired) electrons. The third kappa shape index (κ3) is 4.90. The quantitative estimate of drug-likeness (QED) is 0.520. The van der Waals surface area contributed by atoms with E-state index in [-0.39, 0.29) is 24.2 Å². The van der Waals surface area contributed by atoms with Crippen LogP contribution in [0.5, 0.6) is 5.75 Å². The third-order valence-electron chi connectivity index (χ3n) is 3.70. The number of nitrogens with one attached hydrogen (secondary N) is 4. The minimum atomic E-state index is -3.31. The Labute approximate surface area is 136 Å². The normalized spacial score (nSPS) is 21.1. The largest absolute Gasteiger partial charge is 0.497 e. The summed E-state index contributed by atoms with van der Waals surface area (Å²) in [5.74, 6) is 0.387. The van der Waals surface area contributed by atoms with Gasteiger partial charge in [-0.25, -0.2) is 24.0 Å². The highest BCUT2D eigenvalue weighted by Crippen LogP contribution is 2.25. The Morgan fingerprint density at radius 1 is 1.39 bits per heavy atom. The zero-order valence-corrected chi connectivity index (χ0v) is 13.9. The van der Waals surface area contributed by atoms with Gasteiger partial charge in [-0.05, 0) is 31.2 Å². The average Bonchev–Trinajstić information content (AvgIpc) is 3.05. The van der Waals surface area contributed by atoms with Crippen LogP contribution in [0.1, 0.15) is 18.0 Å². The van der Waals surface area contributed by atoms with Gasteiger partial charge in [-0.1, -0.05) is 12.1 Å². The smallest absolute Gasteiger partial charge is 0.238 e. The molecule has 9 heteroatoms. The average molecular weight is 342 g/mol. The van der Waals surface area contributed by atoms with E-state index in [1.807, 2.05) is 24.3 Å². The van der Waals surface area contributed by atoms with Gasteiger partial charge in [-0.15, -0.1) is 0 Å². The first-order chi connectivity index (χ1) is 10.9. The SMILES string of the molecule is CNS(=O)(=O)CCNC(=O)C1CC(c2cccc(OC)c2)NN1. The number of carbonyl (C=O) groups excluding carboxylic acids is 1. The van der Waals surface area contributed by atoms with Crippen molar-refractivity contribution in [1.29, 1.82) is 0 Å². The van der Waals surface area contributed by atoms with E-state index >= 15 is 0 Å². The highest BCUT2D eigenvalue weighted by atomic mass is 32.2. The fourth-order valence-electron chi connectivity index (χ4n) is 2.34. The lowest BCUT2D eigenvalue weighted by atomic mass is 10.0. The number of sulfonamides is 1. The maximum absolute atomic E-state index is 12.1. The van der Waals surface area contributed by atoms with Gasteiger partial charge in [-0.3, -0.25) is 4.79 Å². The van der Waals surface area contributed by atoms with Gasteiger partial charge in [0, 0.05) is 12.6 Å². The van der Waals surface area contributed by atoms with Crippen molar-refractivity contribution in [2.24, 2.45) is 0 Å². The molecular formula is C14H22N4O4S. The van der Waals surface area contributed by atoms with Crippen molar-refractivity contribution < 1.29 is 17.9 Å². The summed E-state index contributed by atoms with van der Waals surface area (Å²) in [5.41, 5.74) is 7.03. The molecule has 1 aromatic rings. The van der Waals surface area contributed by atoms with Crippen molar-refractivity contribution >= 4 is 15.9 Å². The van der Waals surface area contributed by atoms with E-state index in [4.69, 9.17) is 4.74 Å². The van der Waals surface area contributed by atoms with Crippen molar-refractivity contribution in [3.05, 3.63) is 29.8 Å². The molecule has 0 aromatic heterocycles. The molecule has 1 amide bonds. The standard InChI is InChI=1S/C14H22N4O4S/c1-15-23(20,21)7-6-16-14(19)13-9-12(17-18-13)10-4-3-5-11(8-10)22-2/h3-5,8,12-13,15,17-18H,6-7,9H2,1-2H3,(H,16,19). The van der Waals surface area contributed by atoms with Crippen LogP contribution in [0.25, 0.3) is 0 Å². The number of amides is 1. The molecule has 0 saturated carbocycles. The van der Waals surface area contributed by atoms with E-state index in [0.717, 1.165) is 11.3 Å². The Balaban J connectivity index is 1.85. The predicted molar refractivity (Wildman–Crippen MR) is 86.3 cm³/mol. The van der Waals surface area contributed by atoms with Gasteiger partial charge in [0.1, 0.15) is 11.8 Å². The molecule has 1 aliphatic rings. The molecule has 23 heavy (non-hydrogen) atoms. The molecular weight excluding hydrogens is 320 g/mol. The Morgan fingerprint density at radius 2 is 2.17 bits per heavy atom. The lowest BCUT2D eigenvalue weighted by Crippen LogP contribution is -2.44. The van der Waals surface area contributed by atoms with Crippen molar-refractivity contribution in [2.75, 3.05) is 26.5 Å². The summed E-state index contributed by atoms with van der Waals surface area (Å²) in [4.78, 5) is 12.1. The summed E-state index contributed by atoms with van der Waals surface area (Å²) >= 11 is 0. The van der Waals surface area contributed by atoms with E-state index in [9.17, 15) is 13.2 Å². The van der Waals surface area contributed by atoms with Crippen molar-refractivity contribution in [1.82, 2.24) is 20.9 Å². The molecule has 2 atom stereocenters. The van der Waals surface area contributed by atoms with Crippen LogP contribution >= 0.6 is 0 Å². The van der Waals surface area contributed by atoms with Gasteiger partial charge in [0.2, 0.25) is 15.9 Å². The second-order valence-electron chi connectivity index (χ2n) is 5.22. The van der Waals surface area contributed by atoms with Crippen LogP contribution in [-0.4, -0.2) is 46.8 Å². The van der Waals surface area contributed by atoms with Crippen molar-refractivity contribution in [3.8, 4) is 5.75 Å². The number of hydrogen-bond acceptors (Lipinski definition) is 6. The molecule has 8 nitrogen and oxygen atoms in total. The summed E-state index contributed by atoms with van der Waals surface area (Å²) in [6, 6.07) is 7.20. The fraction of sp³-hybridized carbons (Fsp3) is 0.500. The topological polar surface area (TPSA) is 109 Å². The number of hydrogen-bond donors (Lipinski definition) is 4. The molecule has 0 spiro atoms. The molecule has 0 bridgehead atoms. The molecule has 1 fully saturated rings. The van der Waals surface area contributed by atoms with Crippen LogP contribution in [0.2, 0.25) is 0 Å². The predicted octanol–water partition coefficient (Wildman–Crippen LogP) is -0.732. The zero-order chi connectivity index (χ0) is 16.9. The summed E-state index contributed by atoms with van der Waals surface area (Å²) < 4.78 is 30.0. The molecule has 1 heterocycles. The lowest BCUT2D eigenvalue weighted by Gasteiger charge is -2.11. The molecule has 1 aromatic carbocycles. The maximum Gasteiger partial charge on any atom is 0.238 e. The summed E-state index contributed by atoms with van der Waals surface area (Å²) in [7, 11) is -0.363. The van der Waals surface area contributed by atoms with Gasteiger partial charge in [0.05, 0.1) is 12.9 Å². The monoisotopic (exact) mass is 342 g/mol. The molecule has 0 aliphatic carbocycles. The first-order valence-corrected chi connectivity index (χ1v) is 8.94. The molecule has 2 rings (SSSR count). The van der Waals surface area contributed by atoms with Crippen LogP contribution in [0.3, 0.4) is 0 Å². The summed E-state index contributed by atoms with van der Waals surface area (Å²) in [6.45, 7) is 0.0734. The van der Waals surface area contributed by atoms with Crippen LogP contribution in [0.15, 0.2) is 24.3 Å². The third-order valence-corrected chi connectivity index (χ3v) is 5.06. The molecule has 128 valence electrons. The van der Waals surface area contributed by atoms with E-state index in [1.165, 1.54) is 7.05 Å². The summed E-state index contributed by atoms with van der Waals surface area (Å²) in [5, 5.41) is 2.62. The van der Waals surface area contributed by atoms with Gasteiger partial charge < -0.3 is 10.1 Å². The Hall–Kier alpha value is -1.68. The van der Waals surface area contributed by atoms with Gasteiger partial charge >= 0.3 is 0 Å². The molecule has 4 N–H and O–H groups in total. The molecule has 1 aliphatic heterocycles. The van der Waals surface area contributed by atoms with Crippen LogP contribution in [-0.2, 0) is 14.8 Å². The van der Waals surface area contributed by atoms with Crippen molar-refractivity contribution in [3.63, 3.8) is 0 Å². The number of carbonyl (C=O) groups is 1. The maximum atomic E-state index is 12.1. The minimum absolute atomic E-state index is 0.0121. The van der Waals surface area contributed by atoms with Gasteiger partial charge in [0.25, 0.3) is 0 Å². The van der Waals surface area contributed by atoms with E-state index in [2.05, 4.69) is 20.9 Å². The van der Waals surface area contributed by atoms with Crippen LogP contribution in [0, 0.1) is 0 Å². The van der Waals surface area contributed by atoms with E-state index in [1.54, 1.807) is 7.11 Å². The zero-order valence-electron chi connectivity index (χ0n) is 13.1. The minimum Gasteiger partial charge on any atom is -0.497 e. The number of ether oxygens (including phenoxy) is 1. The van der Waals surface area contributed by atoms with E-state index < -0.39 is 16.1 Å². The fourth-order valence-corrected chi connectivity index (χ4v) is 2.91. The number of benzene rings is 1.